The highest BCUT2D eigenvalue weighted by atomic mass is 35.5. The largest absolute Gasteiger partial charge is 0.491 e. The molecule has 90 valence electrons. The van der Waals surface area contributed by atoms with Crippen LogP contribution in [0.2, 0.25) is 0 Å². The van der Waals surface area contributed by atoms with Gasteiger partial charge in [0.2, 0.25) is 0 Å². The first-order valence-corrected chi connectivity index (χ1v) is 4.78. The Kier molecular flexibility index (Phi) is 6.53. The second kappa shape index (κ2) is 7.09. The molecule has 0 amide bonds. The highest BCUT2D eigenvalue weighted by molar-refractivity contribution is 5.85. The molecule has 4 nitrogen and oxygen atoms in total. The lowest BCUT2D eigenvalue weighted by Gasteiger charge is -2.11. The molecule has 0 radical (unpaired) electrons. The maximum atomic E-state index is 9.40. The molecule has 0 aromatic heterocycles. The molecule has 0 heterocycles. The number of ether oxygens (including phenoxy) is 1. The normalized spacial score (nSPS) is 11.4. The summed E-state index contributed by atoms with van der Waals surface area (Å²) in [6.07, 6.45) is -0.575. The fourth-order valence-electron chi connectivity index (χ4n) is 1.21. The van der Waals surface area contributed by atoms with Gasteiger partial charge in [-0.05, 0) is 24.6 Å². The van der Waals surface area contributed by atoms with Gasteiger partial charge in [0.25, 0.3) is 0 Å². The van der Waals surface area contributed by atoms with Crippen molar-refractivity contribution in [3.63, 3.8) is 0 Å². The molecule has 16 heavy (non-hydrogen) atoms. The molecule has 4 N–H and O–H groups in total. The number of aliphatic hydroxyl groups is 1. The van der Waals surface area contributed by atoms with Gasteiger partial charge in [-0.15, -0.1) is 12.4 Å². The number of aliphatic hydroxyl groups excluding tert-OH is 1. The van der Waals surface area contributed by atoms with Crippen LogP contribution in [0.1, 0.15) is 12.0 Å². The first-order chi connectivity index (χ1) is 7.08. The zero-order valence-corrected chi connectivity index (χ0v) is 9.96. The standard InChI is InChI=1S/C11H16N2O2.ClH/c1-8-3-2-4-10(5-8)15-7-9(14)6-11(12)13;/h2-5,9,14H,6-7H2,1H3,(H3,12,13);1H. The van der Waals surface area contributed by atoms with Crippen LogP contribution in [0.4, 0.5) is 0 Å². The maximum absolute atomic E-state index is 9.40. The summed E-state index contributed by atoms with van der Waals surface area (Å²) in [5, 5.41) is 16.4. The third-order valence-corrected chi connectivity index (χ3v) is 1.89. The van der Waals surface area contributed by atoms with Gasteiger partial charge in [0.05, 0.1) is 11.9 Å². The topological polar surface area (TPSA) is 79.3 Å². The molecule has 1 aromatic carbocycles. The van der Waals surface area contributed by atoms with Crippen molar-refractivity contribution in [3.8, 4) is 5.75 Å². The fraction of sp³-hybridized carbons (Fsp3) is 0.364. The molecule has 0 aliphatic carbocycles. The number of benzene rings is 1. The SMILES string of the molecule is Cc1cccc(OCC(O)CC(=N)N)c1.Cl. The summed E-state index contributed by atoms with van der Waals surface area (Å²) in [5.41, 5.74) is 6.26. The number of nitrogens with two attached hydrogens (primary N) is 1. The molecule has 0 spiro atoms. The van der Waals surface area contributed by atoms with E-state index in [9.17, 15) is 5.11 Å². The van der Waals surface area contributed by atoms with Gasteiger partial charge in [-0.3, -0.25) is 5.41 Å². The summed E-state index contributed by atoms with van der Waals surface area (Å²) in [4.78, 5) is 0. The van der Waals surface area contributed by atoms with Crippen LogP contribution >= 0.6 is 12.4 Å². The van der Waals surface area contributed by atoms with Crippen LogP contribution in [0.5, 0.6) is 5.75 Å². The van der Waals surface area contributed by atoms with E-state index in [-0.39, 0.29) is 31.3 Å². The van der Waals surface area contributed by atoms with E-state index in [2.05, 4.69) is 0 Å². The number of hydrogen-bond acceptors (Lipinski definition) is 3. The van der Waals surface area contributed by atoms with Crippen LogP contribution in [0.3, 0.4) is 0 Å². The Hall–Kier alpha value is -1.26. The molecule has 0 aliphatic heterocycles. The Balaban J connectivity index is 0.00000225. The van der Waals surface area contributed by atoms with Gasteiger partial charge < -0.3 is 15.6 Å². The Labute approximate surface area is 101 Å². The molecule has 5 heteroatoms. The number of aryl methyl sites for hydroxylation is 1. The maximum Gasteiger partial charge on any atom is 0.119 e. The first kappa shape index (κ1) is 14.7. The number of nitrogens with one attached hydrogen (secondary N) is 1. The van der Waals surface area contributed by atoms with E-state index in [1.165, 1.54) is 0 Å². The molecule has 0 fully saturated rings. The third kappa shape index (κ3) is 5.58. The first-order valence-electron chi connectivity index (χ1n) is 4.78. The van der Waals surface area contributed by atoms with Crippen molar-refractivity contribution in [2.45, 2.75) is 19.4 Å². The Morgan fingerprint density at radius 2 is 2.25 bits per heavy atom. The van der Waals surface area contributed by atoms with E-state index in [0.717, 1.165) is 11.3 Å². The molecule has 1 unspecified atom stereocenters. The molecular weight excluding hydrogens is 228 g/mol. The minimum Gasteiger partial charge on any atom is -0.491 e. The van der Waals surface area contributed by atoms with Crippen LogP contribution in [0.25, 0.3) is 0 Å². The average Bonchev–Trinajstić information content (AvgIpc) is 2.14. The van der Waals surface area contributed by atoms with E-state index in [1.54, 1.807) is 0 Å². The van der Waals surface area contributed by atoms with Gasteiger partial charge in [-0.2, -0.15) is 0 Å². The van der Waals surface area contributed by atoms with E-state index in [1.807, 2.05) is 31.2 Å². The summed E-state index contributed by atoms with van der Waals surface area (Å²) < 4.78 is 5.35. The van der Waals surface area contributed by atoms with Gasteiger partial charge >= 0.3 is 0 Å². The van der Waals surface area contributed by atoms with Crippen molar-refractivity contribution in [3.05, 3.63) is 29.8 Å². The van der Waals surface area contributed by atoms with Gasteiger partial charge in [0, 0.05) is 6.42 Å². The van der Waals surface area contributed by atoms with Crippen molar-refractivity contribution in [1.82, 2.24) is 0 Å². The van der Waals surface area contributed by atoms with E-state index < -0.39 is 6.10 Å². The minimum atomic E-state index is -0.719. The number of rotatable bonds is 5. The average molecular weight is 245 g/mol. The second-order valence-corrected chi connectivity index (χ2v) is 3.51. The molecule has 0 saturated carbocycles. The lowest BCUT2D eigenvalue weighted by atomic mass is 10.2. The lowest BCUT2D eigenvalue weighted by molar-refractivity contribution is 0.113. The van der Waals surface area contributed by atoms with Gasteiger partial charge in [-0.25, -0.2) is 0 Å². The molecular formula is C11H17ClN2O2. The minimum absolute atomic E-state index is 0. The van der Waals surface area contributed by atoms with Crippen LogP contribution in [0.15, 0.2) is 24.3 Å². The van der Waals surface area contributed by atoms with Gasteiger partial charge in [-0.1, -0.05) is 12.1 Å². The van der Waals surface area contributed by atoms with Crippen molar-refractivity contribution < 1.29 is 9.84 Å². The van der Waals surface area contributed by atoms with Crippen LogP contribution in [0, 0.1) is 12.3 Å². The summed E-state index contributed by atoms with van der Waals surface area (Å²) in [6, 6.07) is 7.58. The van der Waals surface area contributed by atoms with Crippen molar-refractivity contribution in [2.24, 2.45) is 5.73 Å². The fourth-order valence-corrected chi connectivity index (χ4v) is 1.21. The molecule has 0 saturated heterocycles. The summed E-state index contributed by atoms with van der Waals surface area (Å²) in [7, 11) is 0. The zero-order valence-electron chi connectivity index (χ0n) is 9.14. The predicted octanol–water partition coefficient (Wildman–Crippen LogP) is 1.48. The van der Waals surface area contributed by atoms with Crippen molar-refractivity contribution in [1.29, 1.82) is 5.41 Å². The Morgan fingerprint density at radius 3 is 2.81 bits per heavy atom. The third-order valence-electron chi connectivity index (χ3n) is 1.89. The monoisotopic (exact) mass is 244 g/mol. The van der Waals surface area contributed by atoms with E-state index in [4.69, 9.17) is 15.9 Å². The molecule has 1 atom stereocenters. The number of halogens is 1. The van der Waals surface area contributed by atoms with E-state index in [0.29, 0.717) is 0 Å². The number of amidine groups is 1. The molecule has 1 aromatic rings. The van der Waals surface area contributed by atoms with E-state index >= 15 is 0 Å². The predicted molar refractivity (Wildman–Crippen MR) is 66.5 cm³/mol. The summed E-state index contributed by atoms with van der Waals surface area (Å²) in [5.74, 6) is 0.688. The Bertz CT molecular complexity index is 345. The quantitative estimate of drug-likeness (QED) is 0.542. The summed E-state index contributed by atoms with van der Waals surface area (Å²) in [6.45, 7) is 2.13. The Morgan fingerprint density at radius 1 is 1.56 bits per heavy atom. The number of hydrogen-bond donors (Lipinski definition) is 3. The van der Waals surface area contributed by atoms with Crippen LogP contribution < -0.4 is 10.5 Å². The zero-order chi connectivity index (χ0) is 11.3. The van der Waals surface area contributed by atoms with Crippen molar-refractivity contribution in [2.75, 3.05) is 6.61 Å². The molecule has 0 aliphatic rings. The van der Waals surface area contributed by atoms with Gasteiger partial charge in [0.1, 0.15) is 12.4 Å². The highest BCUT2D eigenvalue weighted by Gasteiger charge is 2.06. The molecule has 1 rings (SSSR count). The molecule has 0 bridgehead atoms. The second-order valence-electron chi connectivity index (χ2n) is 3.51. The van der Waals surface area contributed by atoms with Gasteiger partial charge in [0.15, 0.2) is 0 Å². The van der Waals surface area contributed by atoms with Crippen LogP contribution in [-0.2, 0) is 0 Å². The summed E-state index contributed by atoms with van der Waals surface area (Å²) >= 11 is 0. The van der Waals surface area contributed by atoms with Crippen LogP contribution in [-0.4, -0.2) is 23.7 Å². The van der Waals surface area contributed by atoms with Crippen molar-refractivity contribution >= 4 is 18.2 Å². The lowest BCUT2D eigenvalue weighted by Crippen LogP contribution is -2.24. The smallest absolute Gasteiger partial charge is 0.119 e. The highest BCUT2D eigenvalue weighted by Crippen LogP contribution is 2.12.